The summed E-state index contributed by atoms with van der Waals surface area (Å²) in [6.45, 7) is 1.90. The van der Waals surface area contributed by atoms with Crippen molar-refractivity contribution in [3.8, 4) is 5.75 Å². The third-order valence-electron chi connectivity index (χ3n) is 3.90. The van der Waals surface area contributed by atoms with E-state index in [1.807, 2.05) is 19.1 Å². The molecule has 0 aliphatic carbocycles. The van der Waals surface area contributed by atoms with Crippen molar-refractivity contribution in [1.29, 1.82) is 0 Å². The Kier molecular flexibility index (Phi) is 4.79. The zero-order valence-electron chi connectivity index (χ0n) is 14.7. The predicted molar refractivity (Wildman–Crippen MR) is 102 cm³/mol. The van der Waals surface area contributed by atoms with Crippen LogP contribution >= 0.6 is 0 Å². The standard InChI is InChI=1S/C19H19N3O4/c1-11-8-9-15(25-3)13(10-11)21-19(24)22-17-16(20-2)12-6-4-5-7-14(12)26-18(17)23/h4-10,20H,1-3H3,(H2,21,22,24). The second kappa shape index (κ2) is 7.18. The van der Waals surface area contributed by atoms with Crippen LogP contribution in [0.3, 0.4) is 0 Å². The quantitative estimate of drug-likeness (QED) is 0.621. The van der Waals surface area contributed by atoms with E-state index in [9.17, 15) is 9.59 Å². The van der Waals surface area contributed by atoms with Gasteiger partial charge in [0.2, 0.25) is 0 Å². The zero-order chi connectivity index (χ0) is 18.7. The van der Waals surface area contributed by atoms with Gasteiger partial charge in [-0.1, -0.05) is 18.2 Å². The smallest absolute Gasteiger partial charge is 0.362 e. The van der Waals surface area contributed by atoms with E-state index in [-0.39, 0.29) is 5.69 Å². The van der Waals surface area contributed by atoms with Gasteiger partial charge in [0.15, 0.2) is 5.69 Å². The summed E-state index contributed by atoms with van der Waals surface area (Å²) >= 11 is 0. The number of rotatable bonds is 4. The van der Waals surface area contributed by atoms with E-state index < -0.39 is 11.7 Å². The van der Waals surface area contributed by atoms with Gasteiger partial charge in [0.1, 0.15) is 11.3 Å². The largest absolute Gasteiger partial charge is 0.495 e. The maximum Gasteiger partial charge on any atom is 0.362 e. The molecule has 0 aliphatic rings. The lowest BCUT2D eigenvalue weighted by Crippen LogP contribution is -2.24. The van der Waals surface area contributed by atoms with Crippen molar-refractivity contribution in [3.63, 3.8) is 0 Å². The van der Waals surface area contributed by atoms with Gasteiger partial charge in [-0.2, -0.15) is 0 Å². The maximum atomic E-state index is 12.4. The molecule has 3 aromatic rings. The summed E-state index contributed by atoms with van der Waals surface area (Å²) in [5.41, 5.74) is 1.79. The Morgan fingerprint density at radius 2 is 1.85 bits per heavy atom. The number of nitrogens with one attached hydrogen (secondary N) is 3. The number of urea groups is 1. The van der Waals surface area contributed by atoms with Crippen LogP contribution in [-0.4, -0.2) is 20.2 Å². The Labute approximate surface area is 150 Å². The van der Waals surface area contributed by atoms with Gasteiger partial charge in [0.25, 0.3) is 0 Å². The van der Waals surface area contributed by atoms with Gasteiger partial charge < -0.3 is 19.8 Å². The first-order valence-electron chi connectivity index (χ1n) is 7.99. The number of benzene rings is 2. The van der Waals surface area contributed by atoms with E-state index in [0.717, 1.165) is 5.56 Å². The second-order valence-electron chi connectivity index (χ2n) is 5.67. The van der Waals surface area contributed by atoms with Crippen LogP contribution in [0.1, 0.15) is 5.56 Å². The summed E-state index contributed by atoms with van der Waals surface area (Å²) in [7, 11) is 3.19. The van der Waals surface area contributed by atoms with Crippen LogP contribution in [0.4, 0.5) is 21.9 Å². The second-order valence-corrected chi connectivity index (χ2v) is 5.67. The Hall–Kier alpha value is -3.48. The molecule has 134 valence electrons. The van der Waals surface area contributed by atoms with Crippen LogP contribution < -0.4 is 26.3 Å². The summed E-state index contributed by atoms with van der Waals surface area (Å²) < 4.78 is 10.5. The minimum absolute atomic E-state index is 0.0373. The van der Waals surface area contributed by atoms with E-state index in [0.29, 0.717) is 28.1 Å². The van der Waals surface area contributed by atoms with Gasteiger partial charge in [-0.15, -0.1) is 0 Å². The first-order chi connectivity index (χ1) is 12.5. The number of aryl methyl sites for hydroxylation is 1. The number of fused-ring (bicyclic) bond motifs is 1. The van der Waals surface area contributed by atoms with Gasteiger partial charge in [-0.25, -0.2) is 9.59 Å². The highest BCUT2D eigenvalue weighted by molar-refractivity contribution is 6.06. The summed E-state index contributed by atoms with van der Waals surface area (Å²) in [4.78, 5) is 24.7. The number of hydrogen-bond donors (Lipinski definition) is 3. The van der Waals surface area contributed by atoms with Crippen molar-refractivity contribution >= 4 is 34.1 Å². The van der Waals surface area contributed by atoms with E-state index in [2.05, 4.69) is 16.0 Å². The van der Waals surface area contributed by atoms with E-state index in [1.165, 1.54) is 7.11 Å². The van der Waals surface area contributed by atoms with Gasteiger partial charge in [0, 0.05) is 12.4 Å². The number of hydrogen-bond acceptors (Lipinski definition) is 5. The molecule has 7 nitrogen and oxygen atoms in total. The lowest BCUT2D eigenvalue weighted by Gasteiger charge is -2.14. The molecule has 1 aromatic heterocycles. The highest BCUT2D eigenvalue weighted by Crippen LogP contribution is 2.29. The zero-order valence-corrected chi connectivity index (χ0v) is 14.7. The van der Waals surface area contributed by atoms with Crippen LogP contribution in [0.15, 0.2) is 51.7 Å². The molecule has 7 heteroatoms. The molecule has 0 atom stereocenters. The van der Waals surface area contributed by atoms with Crippen molar-refractivity contribution in [1.82, 2.24) is 0 Å². The van der Waals surface area contributed by atoms with Crippen molar-refractivity contribution in [2.75, 3.05) is 30.1 Å². The topological polar surface area (TPSA) is 92.6 Å². The summed E-state index contributed by atoms with van der Waals surface area (Å²) in [6, 6.07) is 11.9. The molecule has 1 heterocycles. The van der Waals surface area contributed by atoms with Crippen molar-refractivity contribution in [2.24, 2.45) is 0 Å². The van der Waals surface area contributed by atoms with Crippen LogP contribution in [-0.2, 0) is 0 Å². The molecule has 0 spiro atoms. The third kappa shape index (κ3) is 3.32. The van der Waals surface area contributed by atoms with Crippen molar-refractivity contribution in [2.45, 2.75) is 6.92 Å². The van der Waals surface area contributed by atoms with E-state index in [4.69, 9.17) is 9.15 Å². The number of methoxy groups -OCH3 is 1. The van der Waals surface area contributed by atoms with E-state index >= 15 is 0 Å². The lowest BCUT2D eigenvalue weighted by molar-refractivity contribution is 0.262. The lowest BCUT2D eigenvalue weighted by atomic mass is 10.2. The number of anilines is 3. The molecule has 0 unspecified atom stereocenters. The monoisotopic (exact) mass is 353 g/mol. The number of carbonyl (C=O) groups is 1. The fraction of sp³-hybridized carbons (Fsp3) is 0.158. The van der Waals surface area contributed by atoms with Gasteiger partial charge in [-0.05, 0) is 36.8 Å². The number of ether oxygens (including phenoxy) is 1. The minimum atomic E-state index is -0.639. The average Bonchev–Trinajstić information content (AvgIpc) is 2.62. The molecule has 2 amide bonds. The summed E-state index contributed by atoms with van der Waals surface area (Å²) in [5, 5.41) is 8.91. The van der Waals surface area contributed by atoms with Crippen LogP contribution in [0.25, 0.3) is 11.0 Å². The van der Waals surface area contributed by atoms with Crippen LogP contribution in [0.2, 0.25) is 0 Å². The molecular weight excluding hydrogens is 334 g/mol. The molecular formula is C19H19N3O4. The fourth-order valence-corrected chi connectivity index (χ4v) is 2.71. The molecule has 3 rings (SSSR count). The highest BCUT2D eigenvalue weighted by atomic mass is 16.5. The third-order valence-corrected chi connectivity index (χ3v) is 3.90. The number of amides is 2. The van der Waals surface area contributed by atoms with Crippen LogP contribution in [0.5, 0.6) is 5.75 Å². The Morgan fingerprint density at radius 3 is 2.58 bits per heavy atom. The van der Waals surface area contributed by atoms with Crippen LogP contribution in [0, 0.1) is 6.92 Å². The summed E-state index contributed by atoms with van der Waals surface area (Å²) in [6.07, 6.45) is 0. The molecule has 26 heavy (non-hydrogen) atoms. The van der Waals surface area contributed by atoms with Crippen molar-refractivity contribution < 1.29 is 13.9 Å². The molecule has 0 radical (unpaired) electrons. The van der Waals surface area contributed by atoms with E-state index in [1.54, 1.807) is 37.4 Å². The maximum absolute atomic E-state index is 12.4. The molecule has 3 N–H and O–H groups in total. The first kappa shape index (κ1) is 17.3. The molecule has 2 aromatic carbocycles. The predicted octanol–water partition coefficient (Wildman–Crippen LogP) is 3.80. The summed E-state index contributed by atoms with van der Waals surface area (Å²) in [5.74, 6) is 0.519. The first-order valence-corrected chi connectivity index (χ1v) is 7.99. The Morgan fingerprint density at radius 1 is 1.08 bits per heavy atom. The number of para-hydroxylation sites is 1. The molecule has 0 bridgehead atoms. The fourth-order valence-electron chi connectivity index (χ4n) is 2.71. The Balaban J connectivity index is 1.94. The minimum Gasteiger partial charge on any atom is -0.495 e. The molecule has 0 fully saturated rings. The Bertz CT molecular complexity index is 1030. The molecule has 0 aliphatic heterocycles. The normalized spacial score (nSPS) is 10.4. The average molecular weight is 353 g/mol. The molecule has 0 saturated heterocycles. The molecule has 0 saturated carbocycles. The SMILES string of the molecule is CNc1c(NC(=O)Nc2cc(C)ccc2OC)c(=O)oc2ccccc12. The van der Waals surface area contributed by atoms with Crippen molar-refractivity contribution in [3.05, 3.63) is 58.4 Å². The van der Waals surface area contributed by atoms with Gasteiger partial charge in [0.05, 0.1) is 18.5 Å². The van der Waals surface area contributed by atoms with Gasteiger partial charge >= 0.3 is 11.7 Å². The van der Waals surface area contributed by atoms with Gasteiger partial charge in [-0.3, -0.25) is 5.32 Å². The number of carbonyl (C=O) groups excluding carboxylic acids is 1. The highest BCUT2D eigenvalue weighted by Gasteiger charge is 2.17.